The lowest BCUT2D eigenvalue weighted by atomic mass is 9.81. The Morgan fingerprint density at radius 2 is 2.06 bits per heavy atom. The van der Waals surface area contributed by atoms with Gasteiger partial charge >= 0.3 is 18.2 Å². The number of rotatable bonds is 4. The second-order valence-corrected chi connectivity index (χ2v) is 9.23. The van der Waals surface area contributed by atoms with Gasteiger partial charge in [0.05, 0.1) is 19.8 Å². The Morgan fingerprint density at radius 3 is 2.65 bits per heavy atom. The van der Waals surface area contributed by atoms with Crippen molar-refractivity contribution in [3.8, 4) is 0 Å². The number of amides is 2. The summed E-state index contributed by atoms with van der Waals surface area (Å²) in [6.45, 7) is 9.06. The zero-order valence-corrected chi connectivity index (χ0v) is 18.1. The molecule has 2 N–H and O–H groups in total. The Morgan fingerprint density at radius 1 is 1.39 bits per heavy atom. The monoisotopic (exact) mass is 464 g/mol. The molecule has 174 valence electrons. The fourth-order valence-electron chi connectivity index (χ4n) is 4.26. The molecular formula is C19H27F3N4O4S. The van der Waals surface area contributed by atoms with Crippen molar-refractivity contribution < 1.29 is 32.6 Å². The van der Waals surface area contributed by atoms with E-state index in [1.165, 1.54) is 5.01 Å². The molecule has 0 bridgehead atoms. The zero-order valence-electron chi connectivity index (χ0n) is 17.3. The van der Waals surface area contributed by atoms with Gasteiger partial charge in [-0.1, -0.05) is 0 Å². The number of thiazole rings is 1. The maximum absolute atomic E-state index is 12.3. The standard InChI is InChI=1S/C17H26N4O2S.C2HF3O2/c1-13-9-24-15(19-13)7-20-6-14-8-23-12-17(14,11-20)10-18-16(22)21-4-2-3-5-21;3-2(4,5)1(6)7/h9,14H,2-8,10-12H2,1H3,(H,18,22);(H,6,7)/t14-,17+;/m1./s1. The number of hydrogen-bond donors (Lipinski definition) is 2. The molecule has 3 aliphatic heterocycles. The molecule has 3 fully saturated rings. The second kappa shape index (κ2) is 9.70. The summed E-state index contributed by atoms with van der Waals surface area (Å²) in [6, 6.07) is 0.0986. The smallest absolute Gasteiger partial charge is 0.475 e. The van der Waals surface area contributed by atoms with Crippen LogP contribution >= 0.6 is 11.3 Å². The first-order valence-corrected chi connectivity index (χ1v) is 11.0. The largest absolute Gasteiger partial charge is 0.490 e. The molecule has 8 nitrogen and oxygen atoms in total. The highest BCUT2D eigenvalue weighted by Gasteiger charge is 2.50. The van der Waals surface area contributed by atoms with Gasteiger partial charge in [0.15, 0.2) is 0 Å². The van der Waals surface area contributed by atoms with Crippen LogP contribution in [0.15, 0.2) is 5.38 Å². The summed E-state index contributed by atoms with van der Waals surface area (Å²) in [7, 11) is 0. The maximum Gasteiger partial charge on any atom is 0.490 e. The summed E-state index contributed by atoms with van der Waals surface area (Å²) in [5.74, 6) is -2.25. The minimum absolute atomic E-state index is 0.0711. The molecule has 31 heavy (non-hydrogen) atoms. The molecule has 0 aliphatic carbocycles. The number of likely N-dealkylation sites (tertiary alicyclic amines) is 2. The van der Waals surface area contributed by atoms with Crippen molar-refractivity contribution in [2.24, 2.45) is 11.3 Å². The zero-order chi connectivity index (χ0) is 22.6. The van der Waals surface area contributed by atoms with Gasteiger partial charge in [-0.3, -0.25) is 4.90 Å². The Kier molecular flexibility index (Phi) is 7.43. The number of carbonyl (C=O) groups is 2. The van der Waals surface area contributed by atoms with Crippen LogP contribution in [0.2, 0.25) is 0 Å². The highest BCUT2D eigenvalue weighted by molar-refractivity contribution is 7.09. The highest BCUT2D eigenvalue weighted by Crippen LogP contribution is 2.41. The first kappa shape index (κ1) is 23.7. The van der Waals surface area contributed by atoms with Crippen LogP contribution in [0.4, 0.5) is 18.0 Å². The summed E-state index contributed by atoms with van der Waals surface area (Å²) in [4.78, 5) is 30.2. The van der Waals surface area contributed by atoms with E-state index in [4.69, 9.17) is 14.6 Å². The minimum atomic E-state index is -5.08. The van der Waals surface area contributed by atoms with Crippen molar-refractivity contribution in [3.63, 3.8) is 0 Å². The van der Waals surface area contributed by atoms with Crippen molar-refractivity contribution in [2.45, 2.75) is 32.5 Å². The first-order chi connectivity index (χ1) is 14.6. The third kappa shape index (κ3) is 6.07. The van der Waals surface area contributed by atoms with Gasteiger partial charge in [0.2, 0.25) is 0 Å². The molecule has 0 saturated carbocycles. The lowest BCUT2D eigenvalue weighted by Crippen LogP contribution is -2.47. The molecule has 0 spiro atoms. The van der Waals surface area contributed by atoms with E-state index in [1.807, 2.05) is 11.8 Å². The van der Waals surface area contributed by atoms with Gasteiger partial charge in [0.1, 0.15) is 5.01 Å². The van der Waals surface area contributed by atoms with Gasteiger partial charge in [0.25, 0.3) is 0 Å². The Hall–Kier alpha value is -1.92. The van der Waals surface area contributed by atoms with Crippen LogP contribution in [0.25, 0.3) is 0 Å². The first-order valence-electron chi connectivity index (χ1n) is 10.1. The van der Waals surface area contributed by atoms with Gasteiger partial charge in [-0.25, -0.2) is 14.6 Å². The van der Waals surface area contributed by atoms with Crippen LogP contribution in [0, 0.1) is 18.3 Å². The Balaban J connectivity index is 0.000000339. The maximum atomic E-state index is 12.3. The minimum Gasteiger partial charge on any atom is -0.475 e. The van der Waals surface area contributed by atoms with Crippen molar-refractivity contribution in [1.29, 1.82) is 0 Å². The molecule has 4 heterocycles. The van der Waals surface area contributed by atoms with Crippen molar-refractivity contribution in [2.75, 3.05) is 45.9 Å². The molecule has 2 atom stereocenters. The quantitative estimate of drug-likeness (QED) is 0.710. The Labute approximate surface area is 182 Å². The molecule has 3 saturated heterocycles. The van der Waals surface area contributed by atoms with E-state index in [9.17, 15) is 18.0 Å². The molecule has 1 aromatic rings. The van der Waals surface area contributed by atoms with Crippen LogP contribution in [-0.4, -0.2) is 84.0 Å². The van der Waals surface area contributed by atoms with E-state index < -0.39 is 12.1 Å². The lowest BCUT2D eigenvalue weighted by molar-refractivity contribution is -0.192. The predicted molar refractivity (Wildman–Crippen MR) is 107 cm³/mol. The fraction of sp³-hybridized carbons (Fsp3) is 0.737. The molecule has 0 aromatic carbocycles. The number of ether oxygens (including phenoxy) is 1. The molecule has 3 aliphatic rings. The van der Waals surface area contributed by atoms with E-state index in [-0.39, 0.29) is 11.4 Å². The third-order valence-corrected chi connectivity index (χ3v) is 6.80. The second-order valence-electron chi connectivity index (χ2n) is 8.28. The number of aliphatic carboxylic acids is 1. The predicted octanol–water partition coefficient (Wildman–Crippen LogP) is 2.34. The number of aryl methyl sites for hydroxylation is 1. The number of carbonyl (C=O) groups excluding carboxylic acids is 1. The normalized spacial score (nSPS) is 25.8. The average molecular weight is 465 g/mol. The van der Waals surface area contributed by atoms with E-state index in [0.29, 0.717) is 5.92 Å². The lowest BCUT2D eigenvalue weighted by Gasteiger charge is -2.28. The van der Waals surface area contributed by atoms with Crippen molar-refractivity contribution >= 4 is 23.3 Å². The topological polar surface area (TPSA) is 95.0 Å². The molecule has 0 unspecified atom stereocenters. The summed E-state index contributed by atoms with van der Waals surface area (Å²) < 4.78 is 37.5. The van der Waals surface area contributed by atoms with Crippen LogP contribution in [-0.2, 0) is 16.1 Å². The van der Waals surface area contributed by atoms with E-state index >= 15 is 0 Å². The number of alkyl halides is 3. The number of carboxylic acids is 1. The molecular weight excluding hydrogens is 437 g/mol. The highest BCUT2D eigenvalue weighted by atomic mass is 32.1. The number of hydrogen-bond acceptors (Lipinski definition) is 6. The van der Waals surface area contributed by atoms with Gasteiger partial charge in [0, 0.05) is 55.1 Å². The van der Waals surface area contributed by atoms with Crippen LogP contribution < -0.4 is 5.32 Å². The number of aromatic nitrogens is 1. The number of nitrogens with zero attached hydrogens (tertiary/aromatic N) is 3. The fourth-order valence-corrected chi connectivity index (χ4v) is 5.08. The van der Waals surface area contributed by atoms with Crippen LogP contribution in [0.1, 0.15) is 23.5 Å². The summed E-state index contributed by atoms with van der Waals surface area (Å²) in [6.07, 6.45) is -2.82. The summed E-state index contributed by atoms with van der Waals surface area (Å²) in [5, 5.41) is 13.6. The van der Waals surface area contributed by atoms with Gasteiger partial charge < -0.3 is 20.1 Å². The SMILES string of the molecule is Cc1csc(CN2C[C@@H]3COC[C@]3(CNC(=O)N3CCCC3)C2)n1.O=C(O)C(F)(F)F. The van der Waals surface area contributed by atoms with Gasteiger partial charge in [-0.05, 0) is 19.8 Å². The molecule has 2 amide bonds. The molecule has 0 radical (unpaired) electrons. The van der Waals surface area contributed by atoms with E-state index in [0.717, 1.165) is 71.0 Å². The van der Waals surface area contributed by atoms with Crippen LogP contribution in [0.5, 0.6) is 0 Å². The number of urea groups is 1. The van der Waals surface area contributed by atoms with Gasteiger partial charge in [-0.15, -0.1) is 11.3 Å². The molecule has 12 heteroatoms. The average Bonchev–Trinajstić information content (AvgIpc) is 3.44. The molecule has 4 rings (SSSR count). The number of carboxylic acid groups (broad SMARTS) is 1. The van der Waals surface area contributed by atoms with Crippen LogP contribution in [0.3, 0.4) is 0 Å². The summed E-state index contributed by atoms with van der Waals surface area (Å²) in [5.41, 5.74) is 1.17. The summed E-state index contributed by atoms with van der Waals surface area (Å²) >= 11 is 1.74. The van der Waals surface area contributed by atoms with Crippen molar-refractivity contribution in [1.82, 2.24) is 20.1 Å². The van der Waals surface area contributed by atoms with E-state index in [1.54, 1.807) is 11.3 Å². The number of halogens is 3. The van der Waals surface area contributed by atoms with Crippen molar-refractivity contribution in [3.05, 3.63) is 16.1 Å². The molecule has 1 aromatic heterocycles. The third-order valence-electron chi connectivity index (χ3n) is 5.84. The Bertz CT molecular complexity index is 784. The number of fused-ring (bicyclic) bond motifs is 1. The number of nitrogens with one attached hydrogen (secondary N) is 1. The van der Waals surface area contributed by atoms with Gasteiger partial charge in [-0.2, -0.15) is 13.2 Å². The van der Waals surface area contributed by atoms with E-state index in [2.05, 4.69) is 20.6 Å².